The fourth-order valence-corrected chi connectivity index (χ4v) is 2.00. The molecule has 2 rings (SSSR count). The zero-order valence-electron chi connectivity index (χ0n) is 12.9. The van der Waals surface area contributed by atoms with Gasteiger partial charge in [-0.05, 0) is 30.3 Å². The van der Waals surface area contributed by atoms with Crippen molar-refractivity contribution in [2.24, 2.45) is 5.92 Å². The number of halogens is 4. The van der Waals surface area contributed by atoms with E-state index in [1.807, 2.05) is 0 Å². The minimum atomic E-state index is -4.54. The molecule has 1 amide bonds. The molecule has 1 heterocycles. The zero-order valence-corrected chi connectivity index (χ0v) is 13.7. The fourth-order valence-electron chi connectivity index (χ4n) is 1.83. The van der Waals surface area contributed by atoms with E-state index in [0.29, 0.717) is 11.5 Å². The second-order valence-electron chi connectivity index (χ2n) is 5.39. The molecular weight excluding hydrogens is 343 g/mol. The van der Waals surface area contributed by atoms with Crippen LogP contribution in [0.2, 0.25) is 5.02 Å². The Bertz CT molecular complexity index is 730. The summed E-state index contributed by atoms with van der Waals surface area (Å²) < 4.78 is 39.2. The summed E-state index contributed by atoms with van der Waals surface area (Å²) in [6.45, 7) is 3.48. The van der Waals surface area contributed by atoms with Crippen LogP contribution in [0.5, 0.6) is 0 Å². The lowest BCUT2D eigenvalue weighted by molar-refractivity contribution is -0.136. The van der Waals surface area contributed by atoms with Crippen LogP contribution in [0.3, 0.4) is 0 Å². The third kappa shape index (κ3) is 4.61. The van der Waals surface area contributed by atoms with E-state index in [-0.39, 0.29) is 22.5 Å². The molecule has 8 heteroatoms. The van der Waals surface area contributed by atoms with Gasteiger partial charge in [0.2, 0.25) is 5.91 Å². The van der Waals surface area contributed by atoms with Gasteiger partial charge in [-0.3, -0.25) is 4.79 Å². The molecule has 0 aliphatic heterocycles. The van der Waals surface area contributed by atoms with E-state index in [9.17, 15) is 18.0 Å². The van der Waals surface area contributed by atoms with Gasteiger partial charge in [-0.2, -0.15) is 13.2 Å². The van der Waals surface area contributed by atoms with Gasteiger partial charge < -0.3 is 10.6 Å². The minimum absolute atomic E-state index is 0.00209. The Morgan fingerprint density at radius 1 is 1.21 bits per heavy atom. The number of rotatable bonds is 4. The maximum Gasteiger partial charge on any atom is 0.418 e. The second kappa shape index (κ2) is 7.09. The number of pyridine rings is 1. The predicted molar refractivity (Wildman–Crippen MR) is 87.4 cm³/mol. The summed E-state index contributed by atoms with van der Waals surface area (Å²) in [5.74, 6) is -0.0697. The molecule has 0 spiro atoms. The number of nitrogens with one attached hydrogen (secondary N) is 2. The Balaban J connectivity index is 2.19. The largest absolute Gasteiger partial charge is 0.418 e. The van der Waals surface area contributed by atoms with Crippen LogP contribution in [0.15, 0.2) is 36.5 Å². The SMILES string of the molecule is CC(C)C(=O)Nc1ccc(Nc2ccc(Cl)cc2C(F)(F)F)cn1. The number of benzene rings is 1. The lowest BCUT2D eigenvalue weighted by atomic mass is 10.1. The summed E-state index contributed by atoms with van der Waals surface area (Å²) in [6.07, 6.45) is -3.20. The van der Waals surface area contributed by atoms with Crippen LogP contribution in [0, 0.1) is 5.92 Å². The molecule has 1 aromatic carbocycles. The summed E-state index contributed by atoms with van der Waals surface area (Å²) in [7, 11) is 0. The number of carbonyl (C=O) groups is 1. The highest BCUT2D eigenvalue weighted by atomic mass is 35.5. The van der Waals surface area contributed by atoms with Crippen molar-refractivity contribution in [2.45, 2.75) is 20.0 Å². The fraction of sp³-hybridized carbons (Fsp3) is 0.250. The van der Waals surface area contributed by atoms with E-state index in [2.05, 4.69) is 15.6 Å². The van der Waals surface area contributed by atoms with Crippen LogP contribution in [-0.4, -0.2) is 10.9 Å². The molecule has 0 aliphatic rings. The zero-order chi connectivity index (χ0) is 17.9. The van der Waals surface area contributed by atoms with Crippen molar-refractivity contribution in [1.29, 1.82) is 0 Å². The molecule has 1 aromatic heterocycles. The molecule has 2 N–H and O–H groups in total. The van der Waals surface area contributed by atoms with Crippen molar-refractivity contribution in [3.8, 4) is 0 Å². The van der Waals surface area contributed by atoms with E-state index in [4.69, 9.17) is 11.6 Å². The maximum absolute atomic E-state index is 13.1. The van der Waals surface area contributed by atoms with Crippen molar-refractivity contribution in [3.05, 3.63) is 47.1 Å². The molecule has 0 aliphatic carbocycles. The first-order valence-electron chi connectivity index (χ1n) is 7.07. The normalized spacial score (nSPS) is 11.5. The van der Waals surface area contributed by atoms with Crippen molar-refractivity contribution < 1.29 is 18.0 Å². The molecule has 0 saturated heterocycles. The molecule has 2 aromatic rings. The smallest absolute Gasteiger partial charge is 0.354 e. The molecule has 0 atom stereocenters. The van der Waals surface area contributed by atoms with Gasteiger partial charge in [0, 0.05) is 10.9 Å². The molecule has 0 saturated carbocycles. The van der Waals surface area contributed by atoms with E-state index in [0.717, 1.165) is 6.07 Å². The van der Waals surface area contributed by atoms with Gasteiger partial charge in [0.05, 0.1) is 23.1 Å². The Kier molecular flexibility index (Phi) is 5.33. The van der Waals surface area contributed by atoms with Crippen LogP contribution in [0.1, 0.15) is 19.4 Å². The summed E-state index contributed by atoms with van der Waals surface area (Å²) in [5.41, 5.74) is -0.648. The first kappa shape index (κ1) is 18.1. The van der Waals surface area contributed by atoms with E-state index in [1.54, 1.807) is 13.8 Å². The Labute approximate surface area is 142 Å². The maximum atomic E-state index is 13.1. The minimum Gasteiger partial charge on any atom is -0.354 e. The summed E-state index contributed by atoms with van der Waals surface area (Å²) in [5, 5.41) is 5.25. The summed E-state index contributed by atoms with van der Waals surface area (Å²) in [4.78, 5) is 15.6. The lowest BCUT2D eigenvalue weighted by Gasteiger charge is -2.15. The van der Waals surface area contributed by atoms with Crippen LogP contribution in [-0.2, 0) is 11.0 Å². The van der Waals surface area contributed by atoms with E-state index >= 15 is 0 Å². The molecule has 0 unspecified atom stereocenters. The summed E-state index contributed by atoms with van der Waals surface area (Å²) >= 11 is 5.64. The Hall–Kier alpha value is -2.28. The van der Waals surface area contributed by atoms with Gasteiger partial charge in [-0.15, -0.1) is 0 Å². The van der Waals surface area contributed by atoms with Crippen LogP contribution >= 0.6 is 11.6 Å². The van der Waals surface area contributed by atoms with Crippen LogP contribution < -0.4 is 10.6 Å². The number of carbonyl (C=O) groups excluding carboxylic acids is 1. The van der Waals surface area contributed by atoms with Crippen LogP contribution in [0.4, 0.5) is 30.4 Å². The quantitative estimate of drug-likeness (QED) is 0.801. The van der Waals surface area contributed by atoms with Crippen molar-refractivity contribution >= 4 is 34.7 Å². The van der Waals surface area contributed by atoms with Gasteiger partial charge in [-0.25, -0.2) is 4.98 Å². The van der Waals surface area contributed by atoms with E-state index in [1.165, 1.54) is 30.5 Å². The lowest BCUT2D eigenvalue weighted by Crippen LogP contribution is -2.18. The van der Waals surface area contributed by atoms with Crippen LogP contribution in [0.25, 0.3) is 0 Å². The van der Waals surface area contributed by atoms with Gasteiger partial charge >= 0.3 is 6.18 Å². The van der Waals surface area contributed by atoms with E-state index < -0.39 is 11.7 Å². The molecular formula is C16H15ClF3N3O. The van der Waals surface area contributed by atoms with Crippen molar-refractivity contribution in [1.82, 2.24) is 4.98 Å². The average molecular weight is 358 g/mol. The van der Waals surface area contributed by atoms with Gasteiger partial charge in [0.1, 0.15) is 5.82 Å². The number of hydrogen-bond acceptors (Lipinski definition) is 3. The molecule has 4 nitrogen and oxygen atoms in total. The highest BCUT2D eigenvalue weighted by molar-refractivity contribution is 6.30. The first-order valence-corrected chi connectivity index (χ1v) is 7.45. The monoisotopic (exact) mass is 357 g/mol. The highest BCUT2D eigenvalue weighted by Gasteiger charge is 2.33. The third-order valence-electron chi connectivity index (χ3n) is 3.11. The molecule has 0 fully saturated rings. The molecule has 0 bridgehead atoms. The molecule has 128 valence electrons. The third-order valence-corrected chi connectivity index (χ3v) is 3.34. The van der Waals surface area contributed by atoms with Gasteiger partial charge in [0.25, 0.3) is 0 Å². The number of aromatic nitrogens is 1. The number of amides is 1. The van der Waals surface area contributed by atoms with Crippen molar-refractivity contribution in [2.75, 3.05) is 10.6 Å². The standard InChI is InChI=1S/C16H15ClF3N3O/c1-9(2)15(24)23-14-6-4-11(8-21-14)22-13-5-3-10(17)7-12(13)16(18,19)20/h3-9,22H,1-2H3,(H,21,23,24). The number of anilines is 3. The summed E-state index contributed by atoms with van der Waals surface area (Å²) in [6, 6.07) is 6.50. The Morgan fingerprint density at radius 2 is 1.92 bits per heavy atom. The number of alkyl halides is 3. The Morgan fingerprint density at radius 3 is 2.46 bits per heavy atom. The van der Waals surface area contributed by atoms with Gasteiger partial charge in [0.15, 0.2) is 0 Å². The number of hydrogen-bond donors (Lipinski definition) is 2. The molecule has 24 heavy (non-hydrogen) atoms. The topological polar surface area (TPSA) is 54.0 Å². The second-order valence-corrected chi connectivity index (χ2v) is 5.83. The first-order chi connectivity index (χ1) is 11.2. The predicted octanol–water partition coefficient (Wildman–Crippen LogP) is 5.09. The van der Waals surface area contributed by atoms with Crippen molar-refractivity contribution in [3.63, 3.8) is 0 Å². The number of nitrogens with zero attached hydrogens (tertiary/aromatic N) is 1. The van der Waals surface area contributed by atoms with Gasteiger partial charge in [-0.1, -0.05) is 25.4 Å². The molecule has 0 radical (unpaired) electrons. The highest BCUT2D eigenvalue weighted by Crippen LogP contribution is 2.37. The average Bonchev–Trinajstić information content (AvgIpc) is 2.49.